The fourth-order valence-corrected chi connectivity index (χ4v) is 6.34. The summed E-state index contributed by atoms with van der Waals surface area (Å²) in [6.45, 7) is -0.162. The fourth-order valence-electron chi connectivity index (χ4n) is 5.85. The maximum Gasteiger partial charge on any atom is 0.338 e. The van der Waals surface area contributed by atoms with Gasteiger partial charge in [0.25, 0.3) is 5.91 Å². The number of halogens is 2. The number of carbonyl (C=O) groups is 5. The number of amides is 1. The number of aromatic carboxylic acids is 2. The molecule has 0 aromatic heterocycles. The van der Waals surface area contributed by atoms with E-state index in [9.17, 15) is 34.2 Å². The molecule has 0 aliphatic rings. The summed E-state index contributed by atoms with van der Waals surface area (Å²) in [6, 6.07) is 36.0. The molecule has 1 amide bonds. The molecule has 0 aliphatic heterocycles. The second-order valence-electron chi connectivity index (χ2n) is 13.0. The van der Waals surface area contributed by atoms with E-state index in [1.54, 1.807) is 60.7 Å². The molecule has 0 bridgehead atoms. The third kappa shape index (κ3) is 11.1. The summed E-state index contributed by atoms with van der Waals surface area (Å²) in [6.07, 6.45) is 0.389. The van der Waals surface area contributed by atoms with Crippen molar-refractivity contribution < 1.29 is 48.5 Å². The molecule has 0 fully saturated rings. The van der Waals surface area contributed by atoms with Crippen LogP contribution in [0, 0.1) is 0 Å². The first-order chi connectivity index (χ1) is 28.4. The van der Waals surface area contributed by atoms with Crippen molar-refractivity contribution in [2.45, 2.75) is 26.2 Å². The minimum absolute atomic E-state index is 0.0000219. The van der Waals surface area contributed by atoms with Crippen molar-refractivity contribution in [2.24, 2.45) is 0 Å². The Morgan fingerprint density at radius 2 is 1.02 bits per heavy atom. The zero-order valence-corrected chi connectivity index (χ0v) is 32.5. The molecular weight excluding hydrogens is 799 g/mol. The number of carboxylic acid groups (broad SMARTS) is 2. The molecule has 0 radical (unpaired) electrons. The molecule has 6 rings (SSSR count). The molecule has 0 heterocycles. The Morgan fingerprint density at radius 1 is 0.508 bits per heavy atom. The van der Waals surface area contributed by atoms with Crippen LogP contribution >= 0.6 is 23.2 Å². The van der Waals surface area contributed by atoms with Crippen molar-refractivity contribution in [3.8, 4) is 0 Å². The first-order valence-corrected chi connectivity index (χ1v) is 18.6. The van der Waals surface area contributed by atoms with Gasteiger partial charge in [-0.15, -0.1) is 0 Å². The lowest BCUT2D eigenvalue weighted by Crippen LogP contribution is -2.18. The summed E-state index contributed by atoms with van der Waals surface area (Å²) in [5.41, 5.74) is 6.25. The van der Waals surface area contributed by atoms with Gasteiger partial charge in [-0.1, -0.05) is 96.0 Å². The number of carbonyl (C=O) groups excluding carboxylic acids is 3. The molecular formula is C45H34Cl2N2O10. The summed E-state index contributed by atoms with van der Waals surface area (Å²) in [5, 5.41) is 22.6. The maximum atomic E-state index is 13.3. The van der Waals surface area contributed by atoms with E-state index in [4.69, 9.17) is 37.5 Å². The van der Waals surface area contributed by atoms with Crippen LogP contribution in [0.15, 0.2) is 133 Å². The van der Waals surface area contributed by atoms with Crippen LogP contribution < -0.4 is 10.8 Å². The molecule has 6 aromatic carbocycles. The van der Waals surface area contributed by atoms with E-state index in [0.29, 0.717) is 17.1 Å². The molecule has 59 heavy (non-hydrogen) atoms. The third-order valence-corrected chi connectivity index (χ3v) is 9.49. The van der Waals surface area contributed by atoms with Gasteiger partial charge in [0.15, 0.2) is 0 Å². The van der Waals surface area contributed by atoms with Gasteiger partial charge < -0.3 is 25.0 Å². The zero-order valence-electron chi connectivity index (χ0n) is 30.9. The van der Waals surface area contributed by atoms with Gasteiger partial charge in [-0.3, -0.25) is 15.1 Å². The molecule has 0 atom stereocenters. The van der Waals surface area contributed by atoms with Gasteiger partial charge >= 0.3 is 23.9 Å². The molecule has 298 valence electrons. The van der Waals surface area contributed by atoms with Crippen LogP contribution in [0.4, 0.5) is 11.4 Å². The van der Waals surface area contributed by atoms with Crippen LogP contribution in [0.1, 0.15) is 79.6 Å². The van der Waals surface area contributed by atoms with E-state index in [-0.39, 0.29) is 63.9 Å². The highest BCUT2D eigenvalue weighted by molar-refractivity contribution is 6.34. The van der Waals surface area contributed by atoms with Crippen LogP contribution in [0.2, 0.25) is 10.0 Å². The molecule has 0 spiro atoms. The van der Waals surface area contributed by atoms with E-state index in [2.05, 4.69) is 10.8 Å². The average molecular weight is 834 g/mol. The predicted octanol–water partition coefficient (Wildman–Crippen LogP) is 9.49. The van der Waals surface area contributed by atoms with Gasteiger partial charge in [0.2, 0.25) is 0 Å². The lowest BCUT2D eigenvalue weighted by atomic mass is 10.0. The van der Waals surface area contributed by atoms with E-state index >= 15 is 0 Å². The Bertz CT molecular complexity index is 2530. The lowest BCUT2D eigenvalue weighted by Gasteiger charge is -2.13. The number of esters is 2. The number of nitrogens with one attached hydrogen (secondary N) is 2. The van der Waals surface area contributed by atoms with Crippen LogP contribution in [0.3, 0.4) is 0 Å². The van der Waals surface area contributed by atoms with Crippen molar-refractivity contribution in [2.75, 3.05) is 10.8 Å². The molecule has 0 saturated carbocycles. The molecule has 0 saturated heterocycles. The largest absolute Gasteiger partial charge is 0.478 e. The summed E-state index contributed by atoms with van der Waals surface area (Å²) in [5.74, 6) is -4.69. The van der Waals surface area contributed by atoms with Crippen molar-refractivity contribution >= 4 is 64.4 Å². The Balaban J connectivity index is 1.06. The molecule has 0 unspecified atom stereocenters. The second kappa shape index (κ2) is 19.4. The molecule has 4 N–H and O–H groups in total. The summed E-state index contributed by atoms with van der Waals surface area (Å²) in [7, 11) is 0. The number of rotatable bonds is 16. The van der Waals surface area contributed by atoms with E-state index in [0.717, 1.165) is 22.3 Å². The minimum Gasteiger partial charge on any atom is -0.478 e. The van der Waals surface area contributed by atoms with Gasteiger partial charge in [-0.2, -0.15) is 0 Å². The van der Waals surface area contributed by atoms with Crippen LogP contribution in [0.5, 0.6) is 0 Å². The smallest absolute Gasteiger partial charge is 0.338 e. The van der Waals surface area contributed by atoms with E-state index < -0.39 is 29.8 Å². The quantitative estimate of drug-likeness (QED) is 0.0539. The number of hydrogen-bond acceptors (Lipinski definition) is 9. The second-order valence-corrected chi connectivity index (χ2v) is 13.8. The van der Waals surface area contributed by atoms with Crippen molar-refractivity contribution in [1.82, 2.24) is 0 Å². The normalized spacial score (nSPS) is 10.7. The van der Waals surface area contributed by atoms with E-state index in [1.165, 1.54) is 36.4 Å². The topological polar surface area (TPSA) is 178 Å². The Labute approximate surface area is 347 Å². The van der Waals surface area contributed by atoms with Crippen LogP contribution in [-0.2, 0) is 40.6 Å². The summed E-state index contributed by atoms with van der Waals surface area (Å²) >= 11 is 13.1. The molecule has 6 aromatic rings. The molecule has 14 heteroatoms. The van der Waals surface area contributed by atoms with Gasteiger partial charge in [-0.25, -0.2) is 19.2 Å². The van der Waals surface area contributed by atoms with Gasteiger partial charge in [-0.05, 0) is 94.9 Å². The minimum atomic E-state index is -1.36. The monoisotopic (exact) mass is 832 g/mol. The third-order valence-electron chi connectivity index (χ3n) is 8.86. The van der Waals surface area contributed by atoms with Crippen LogP contribution in [0.25, 0.3) is 0 Å². The van der Waals surface area contributed by atoms with Crippen molar-refractivity contribution in [1.29, 1.82) is 0 Å². The van der Waals surface area contributed by atoms with Crippen molar-refractivity contribution in [3.63, 3.8) is 0 Å². The maximum absolute atomic E-state index is 13.3. The Morgan fingerprint density at radius 3 is 1.54 bits per heavy atom. The number of anilines is 2. The average Bonchev–Trinajstić information content (AvgIpc) is 3.24. The highest BCUT2D eigenvalue weighted by Gasteiger charge is 2.21. The van der Waals surface area contributed by atoms with Crippen molar-refractivity contribution in [3.05, 3.63) is 199 Å². The highest BCUT2D eigenvalue weighted by Crippen LogP contribution is 2.29. The number of hydrogen-bond donors (Lipinski definition) is 4. The number of ether oxygens (including phenoxy) is 2. The van der Waals surface area contributed by atoms with E-state index in [1.807, 2.05) is 36.4 Å². The SMILES string of the molecule is O=C(OCc1ccccc1)c1ccc(C(=O)O)c(CONc2ccc(Cc3ccc(NC(=O)c4cc(C(=O)OCc5ccccc5)ccc4C(=O)O)c(Cl)c3)cc2Cl)c1. The summed E-state index contributed by atoms with van der Waals surface area (Å²) < 4.78 is 10.7. The standard InChI is InChI=1S/C45H34Cl2N2O10/c46-37-20-29(11-17-39(37)48-41(50)36-23-32(14-16-35(36)43(53)54)45(56)58-25-28-9-5-2-6-10-28)19-30-12-18-40(38(47)21-30)49-59-26-33-22-31(13-15-34(33)42(51)52)44(55)57-24-27-7-3-1-4-8-27/h1-18,20-23,49H,19,24-26H2,(H,48,50)(H,51,52)(H,53,54). The van der Waals surface area contributed by atoms with Gasteiger partial charge in [0, 0.05) is 0 Å². The highest BCUT2D eigenvalue weighted by atomic mass is 35.5. The predicted molar refractivity (Wildman–Crippen MR) is 220 cm³/mol. The van der Waals surface area contributed by atoms with Gasteiger partial charge in [0.1, 0.15) is 19.8 Å². The summed E-state index contributed by atoms with van der Waals surface area (Å²) in [4.78, 5) is 68.2. The van der Waals surface area contributed by atoms with Crippen LogP contribution in [-0.4, -0.2) is 40.0 Å². The molecule has 0 aliphatic carbocycles. The first-order valence-electron chi connectivity index (χ1n) is 17.9. The number of benzene rings is 6. The fraction of sp³-hybridized carbons (Fsp3) is 0.0889. The van der Waals surface area contributed by atoms with Gasteiger partial charge in [0.05, 0.1) is 49.2 Å². The lowest BCUT2D eigenvalue weighted by molar-refractivity contribution is 0.0463. The first kappa shape index (κ1) is 41.6. The zero-order chi connectivity index (χ0) is 41.9. The number of carboxylic acids is 2. The Hall–Kier alpha value is -6.99. The Kier molecular flexibility index (Phi) is 13.7. The molecule has 12 nitrogen and oxygen atoms in total.